The molecule has 0 spiro atoms. The summed E-state index contributed by atoms with van der Waals surface area (Å²) < 4.78 is 0. The van der Waals surface area contributed by atoms with Crippen molar-refractivity contribution in [1.29, 1.82) is 5.26 Å². The summed E-state index contributed by atoms with van der Waals surface area (Å²) in [7, 11) is 2.06. The molecule has 1 aliphatic rings. The van der Waals surface area contributed by atoms with Gasteiger partial charge < -0.3 is 4.90 Å². The lowest BCUT2D eigenvalue weighted by Gasteiger charge is -2.21. The number of halogens is 1. The Balaban J connectivity index is 1.61. The molecular weight excluding hydrogens is 452 g/mol. The third kappa shape index (κ3) is 4.81. The number of nitrogens with zero attached hydrogens (tertiary/aromatic N) is 4. The van der Waals surface area contributed by atoms with E-state index in [-0.39, 0.29) is 5.69 Å². The van der Waals surface area contributed by atoms with Crippen LogP contribution in [0.3, 0.4) is 0 Å². The molecule has 0 saturated heterocycles. The van der Waals surface area contributed by atoms with Crippen LogP contribution in [0.1, 0.15) is 21.6 Å². The van der Waals surface area contributed by atoms with Gasteiger partial charge in [0, 0.05) is 40.2 Å². The summed E-state index contributed by atoms with van der Waals surface area (Å²) in [5.41, 5.74) is 2.32. The average Bonchev–Trinajstić information content (AvgIpc) is 3.10. The summed E-state index contributed by atoms with van der Waals surface area (Å²) in [5.74, 6) is 0. The number of nitro groups is 1. The molecule has 0 unspecified atom stereocenters. The fourth-order valence-electron chi connectivity index (χ4n) is 3.33. The number of hydrogen-bond donors (Lipinski definition) is 0. The molecule has 0 radical (unpaired) electrons. The van der Waals surface area contributed by atoms with Gasteiger partial charge in [0.05, 0.1) is 15.4 Å². The molecule has 2 heterocycles. The van der Waals surface area contributed by atoms with E-state index in [9.17, 15) is 15.4 Å². The van der Waals surface area contributed by atoms with E-state index < -0.39 is 4.92 Å². The van der Waals surface area contributed by atoms with Crippen LogP contribution in [0, 0.1) is 21.4 Å². The van der Waals surface area contributed by atoms with Gasteiger partial charge in [-0.15, -0.1) is 11.3 Å². The zero-order valence-corrected chi connectivity index (χ0v) is 18.9. The maximum Gasteiger partial charge on any atom is 0.283 e. The Hall–Kier alpha value is -2.70. The van der Waals surface area contributed by atoms with Crippen LogP contribution in [0.2, 0.25) is 5.02 Å². The quantitative estimate of drug-likeness (QED) is 0.258. The van der Waals surface area contributed by atoms with Crippen molar-refractivity contribution in [1.82, 2.24) is 4.90 Å². The van der Waals surface area contributed by atoms with Gasteiger partial charge in [0.1, 0.15) is 11.1 Å². The first kappa shape index (κ1) is 21.5. The lowest BCUT2D eigenvalue weighted by Crippen LogP contribution is -2.25. The van der Waals surface area contributed by atoms with Crippen LogP contribution in [0.25, 0.3) is 0 Å². The van der Waals surface area contributed by atoms with E-state index in [4.69, 9.17) is 11.6 Å². The first-order valence-corrected chi connectivity index (χ1v) is 11.4. The van der Waals surface area contributed by atoms with E-state index >= 15 is 0 Å². The molecule has 0 saturated carbocycles. The first-order valence-electron chi connectivity index (χ1n) is 9.43. The van der Waals surface area contributed by atoms with Gasteiger partial charge in [-0.2, -0.15) is 5.26 Å². The predicted octanol–water partition coefficient (Wildman–Crippen LogP) is 6.07. The minimum absolute atomic E-state index is 0.0107. The van der Waals surface area contributed by atoms with Crippen molar-refractivity contribution in [2.75, 3.05) is 13.6 Å². The number of nitriles is 1. The summed E-state index contributed by atoms with van der Waals surface area (Å²) in [5, 5.41) is 22.5. The Kier molecular flexibility index (Phi) is 6.39. The van der Waals surface area contributed by atoms with Gasteiger partial charge in [-0.3, -0.25) is 10.1 Å². The molecule has 0 fully saturated rings. The Morgan fingerprint density at radius 2 is 2.10 bits per heavy atom. The summed E-state index contributed by atoms with van der Waals surface area (Å²) in [6.07, 6.45) is 2.43. The third-order valence-corrected chi connectivity index (χ3v) is 7.34. The number of nitro benzene ring substituents is 1. The van der Waals surface area contributed by atoms with E-state index in [1.807, 2.05) is 12.1 Å². The van der Waals surface area contributed by atoms with Crippen molar-refractivity contribution in [2.45, 2.75) is 22.8 Å². The third-order valence-electron chi connectivity index (χ3n) is 4.89. The lowest BCUT2D eigenvalue weighted by atomic mass is 10.0. The summed E-state index contributed by atoms with van der Waals surface area (Å²) in [6.45, 7) is 1.73. The number of aliphatic imine (C=N–C) groups is 1. The van der Waals surface area contributed by atoms with Crippen LogP contribution in [0.5, 0.6) is 0 Å². The SMILES string of the molecule is CN1CCc2c(sc(/N=C/c3ccc(Sc4ccc(Cl)cc4)c([N+](=O)[O-])c3)c2C#N)C1. The molecule has 0 aliphatic carbocycles. The Morgan fingerprint density at radius 1 is 1.32 bits per heavy atom. The van der Waals surface area contributed by atoms with Crippen molar-refractivity contribution in [3.8, 4) is 6.07 Å². The van der Waals surface area contributed by atoms with Crippen molar-refractivity contribution < 1.29 is 4.92 Å². The summed E-state index contributed by atoms with van der Waals surface area (Å²) in [6, 6.07) is 14.5. The molecule has 0 N–H and O–H groups in total. The Labute approximate surface area is 192 Å². The fraction of sp³-hybridized carbons (Fsp3) is 0.182. The zero-order valence-electron chi connectivity index (χ0n) is 16.5. The molecule has 0 amide bonds. The summed E-state index contributed by atoms with van der Waals surface area (Å²) >= 11 is 8.73. The molecule has 156 valence electrons. The Bertz CT molecular complexity index is 1220. The second kappa shape index (κ2) is 9.20. The standard InChI is InChI=1S/C22H17ClN4O2S2/c1-26-9-8-17-18(11-24)22(31-21(17)13-26)25-12-14-2-7-20(19(10-14)27(28)29)30-16-5-3-15(23)4-6-16/h2-7,10,12H,8-9,13H2,1H3/b25-12+. The number of benzene rings is 2. The predicted molar refractivity (Wildman–Crippen MR) is 125 cm³/mol. The average molecular weight is 469 g/mol. The van der Waals surface area contributed by atoms with Crippen molar-refractivity contribution in [3.05, 3.63) is 79.2 Å². The van der Waals surface area contributed by atoms with Gasteiger partial charge in [0.25, 0.3) is 5.69 Å². The Morgan fingerprint density at radius 3 is 2.81 bits per heavy atom. The molecule has 0 atom stereocenters. The zero-order chi connectivity index (χ0) is 22.0. The van der Waals surface area contributed by atoms with Gasteiger partial charge >= 0.3 is 0 Å². The highest BCUT2D eigenvalue weighted by molar-refractivity contribution is 7.99. The van der Waals surface area contributed by atoms with E-state index in [1.165, 1.54) is 29.2 Å². The van der Waals surface area contributed by atoms with Crippen LogP contribution in [-0.2, 0) is 13.0 Å². The molecule has 3 aromatic rings. The number of hydrogen-bond acceptors (Lipinski definition) is 7. The van der Waals surface area contributed by atoms with E-state index in [0.717, 1.165) is 34.8 Å². The molecule has 31 heavy (non-hydrogen) atoms. The van der Waals surface area contributed by atoms with Crippen LogP contribution < -0.4 is 0 Å². The number of fused-ring (bicyclic) bond motifs is 1. The van der Waals surface area contributed by atoms with E-state index in [2.05, 4.69) is 23.0 Å². The fourth-order valence-corrected chi connectivity index (χ4v) is 5.58. The maximum absolute atomic E-state index is 11.6. The molecular formula is C22H17ClN4O2S2. The molecule has 6 nitrogen and oxygen atoms in total. The second-order valence-electron chi connectivity index (χ2n) is 7.08. The highest BCUT2D eigenvalue weighted by Gasteiger charge is 2.22. The van der Waals surface area contributed by atoms with Crippen LogP contribution in [-0.4, -0.2) is 29.6 Å². The first-order chi connectivity index (χ1) is 14.9. The maximum atomic E-state index is 11.6. The van der Waals surface area contributed by atoms with Crippen LogP contribution >= 0.6 is 34.7 Å². The molecule has 4 rings (SSSR count). The summed E-state index contributed by atoms with van der Waals surface area (Å²) in [4.78, 5) is 20.5. The normalized spacial score (nSPS) is 13.8. The van der Waals surface area contributed by atoms with Gasteiger partial charge in [0.15, 0.2) is 0 Å². The highest BCUT2D eigenvalue weighted by Crippen LogP contribution is 2.39. The largest absolute Gasteiger partial charge is 0.301 e. The highest BCUT2D eigenvalue weighted by atomic mass is 35.5. The second-order valence-corrected chi connectivity index (χ2v) is 9.72. The lowest BCUT2D eigenvalue weighted by molar-refractivity contribution is -0.387. The monoisotopic (exact) mass is 468 g/mol. The molecule has 2 aromatic carbocycles. The van der Waals surface area contributed by atoms with E-state index in [1.54, 1.807) is 30.5 Å². The molecule has 1 aliphatic heterocycles. The van der Waals surface area contributed by atoms with Crippen LogP contribution in [0.4, 0.5) is 10.7 Å². The topological polar surface area (TPSA) is 82.5 Å². The van der Waals surface area contributed by atoms with E-state index in [0.29, 0.717) is 26.0 Å². The molecule has 0 bridgehead atoms. The molecule has 9 heteroatoms. The smallest absolute Gasteiger partial charge is 0.283 e. The van der Waals surface area contributed by atoms with Crippen molar-refractivity contribution in [3.63, 3.8) is 0 Å². The van der Waals surface area contributed by atoms with Crippen molar-refractivity contribution in [2.24, 2.45) is 4.99 Å². The van der Waals surface area contributed by atoms with Gasteiger partial charge in [-0.1, -0.05) is 29.4 Å². The minimum Gasteiger partial charge on any atom is -0.301 e. The van der Waals surface area contributed by atoms with Gasteiger partial charge in [-0.05, 0) is 54.9 Å². The van der Waals surface area contributed by atoms with Gasteiger partial charge in [0.2, 0.25) is 0 Å². The number of likely N-dealkylation sites (N-methyl/N-ethyl adjacent to an activating group) is 1. The minimum atomic E-state index is -0.393. The number of thiophene rings is 1. The van der Waals surface area contributed by atoms with Gasteiger partial charge in [-0.25, -0.2) is 4.99 Å². The molecule has 1 aromatic heterocycles. The van der Waals surface area contributed by atoms with Crippen molar-refractivity contribution >= 4 is 51.6 Å². The van der Waals surface area contributed by atoms with Crippen LogP contribution in [0.15, 0.2) is 57.2 Å². The number of rotatable bonds is 5.